The number of benzene rings is 1. The fraction of sp³-hybridized carbons (Fsp3) is 0.600. The van der Waals surface area contributed by atoms with E-state index in [2.05, 4.69) is 5.43 Å². The summed E-state index contributed by atoms with van der Waals surface area (Å²) in [7, 11) is 3.76. The molecular formula is C20H32N3O5-. The fourth-order valence-electron chi connectivity index (χ4n) is 2.38. The summed E-state index contributed by atoms with van der Waals surface area (Å²) in [6, 6.07) is 7.79. The molecule has 1 aromatic rings. The van der Waals surface area contributed by atoms with Gasteiger partial charge < -0.3 is 19.7 Å². The molecule has 1 amide bonds. The van der Waals surface area contributed by atoms with Gasteiger partial charge >= 0.3 is 12.1 Å². The van der Waals surface area contributed by atoms with E-state index < -0.39 is 23.7 Å². The minimum Gasteiger partial charge on any atom is -0.753 e. The Morgan fingerprint density at radius 3 is 2.36 bits per heavy atom. The number of carbonyl (C=O) groups excluding carboxylic acids is 2. The molecule has 0 unspecified atom stereocenters. The van der Waals surface area contributed by atoms with Crippen LogP contribution in [0, 0.1) is 5.21 Å². The highest BCUT2D eigenvalue weighted by Gasteiger charge is 2.29. The third kappa shape index (κ3) is 9.68. The monoisotopic (exact) mass is 394 g/mol. The number of unbranched alkanes of at least 4 members (excludes halogenated alkanes) is 1. The molecule has 0 fully saturated rings. The van der Waals surface area contributed by atoms with Crippen LogP contribution in [0.4, 0.5) is 4.79 Å². The average molecular weight is 394 g/mol. The number of hydrazine groups is 1. The van der Waals surface area contributed by atoms with Crippen LogP contribution in [-0.4, -0.2) is 54.4 Å². The van der Waals surface area contributed by atoms with Gasteiger partial charge in [-0.1, -0.05) is 30.3 Å². The van der Waals surface area contributed by atoms with Crippen LogP contribution in [0.1, 0.15) is 45.6 Å². The van der Waals surface area contributed by atoms with Crippen LogP contribution in [0.2, 0.25) is 0 Å². The smallest absolute Gasteiger partial charge is 0.400 e. The summed E-state index contributed by atoms with van der Waals surface area (Å²) < 4.78 is 10.4. The number of hydrogen-bond acceptors (Lipinski definition) is 7. The molecule has 0 aliphatic carbocycles. The molecule has 1 rings (SSSR count). The first-order valence-electron chi connectivity index (χ1n) is 9.41. The number of amides is 1. The molecule has 0 aliphatic heterocycles. The van der Waals surface area contributed by atoms with Crippen LogP contribution in [0.3, 0.4) is 0 Å². The summed E-state index contributed by atoms with van der Waals surface area (Å²) in [6.45, 7) is 5.81. The zero-order chi connectivity index (χ0) is 21.2. The standard InChI is InChI=1S/C20H32N3O5/c1-20(2,3)28-18(24)17(13-9-10-14-21-22(4)5)23(26)19(25)27-15-16-11-7-6-8-12-16/h6-8,11-12,17,21H,9-10,13-15H2,1-5H3/q-1/t17-/m0/s1. The SMILES string of the molecule is CN(C)NCCCC[C@@H](C(=O)OC(C)(C)C)N([O-])C(=O)OCc1ccccc1. The van der Waals surface area contributed by atoms with Crippen molar-refractivity contribution in [3.63, 3.8) is 0 Å². The Morgan fingerprint density at radius 1 is 1.14 bits per heavy atom. The largest absolute Gasteiger partial charge is 0.753 e. The molecule has 1 atom stereocenters. The van der Waals surface area contributed by atoms with Crippen molar-refractivity contribution >= 4 is 12.1 Å². The molecule has 158 valence electrons. The molecule has 0 spiro atoms. The van der Waals surface area contributed by atoms with Gasteiger partial charge in [0, 0.05) is 20.6 Å². The number of nitrogens with one attached hydrogen (secondary N) is 1. The Kier molecular flexibility index (Phi) is 9.92. The molecule has 0 saturated heterocycles. The van der Waals surface area contributed by atoms with Gasteiger partial charge in [0.2, 0.25) is 0 Å². The molecular weight excluding hydrogens is 362 g/mol. The minimum atomic E-state index is -1.23. The summed E-state index contributed by atoms with van der Waals surface area (Å²) in [5, 5.41) is 14.4. The zero-order valence-electron chi connectivity index (χ0n) is 17.4. The second-order valence-electron chi connectivity index (χ2n) is 7.71. The van der Waals surface area contributed by atoms with Crippen LogP contribution in [0.5, 0.6) is 0 Å². The third-order valence-electron chi connectivity index (χ3n) is 3.68. The number of hydroxylamine groups is 2. The van der Waals surface area contributed by atoms with E-state index in [1.165, 1.54) is 0 Å². The number of carbonyl (C=O) groups is 2. The van der Waals surface area contributed by atoms with Crippen LogP contribution in [0.25, 0.3) is 0 Å². The normalized spacial score (nSPS) is 12.5. The molecule has 0 radical (unpaired) electrons. The average Bonchev–Trinajstić information content (AvgIpc) is 2.61. The highest BCUT2D eigenvalue weighted by molar-refractivity contribution is 5.82. The quantitative estimate of drug-likeness (QED) is 0.370. The summed E-state index contributed by atoms with van der Waals surface area (Å²) in [5.41, 5.74) is 3.11. The molecule has 8 heteroatoms. The number of hydrogen-bond donors (Lipinski definition) is 1. The number of nitrogens with zero attached hydrogens (tertiary/aromatic N) is 2. The third-order valence-corrected chi connectivity index (χ3v) is 3.68. The van der Waals surface area contributed by atoms with Gasteiger partial charge in [-0.3, -0.25) is 10.4 Å². The van der Waals surface area contributed by atoms with E-state index in [1.54, 1.807) is 32.9 Å². The van der Waals surface area contributed by atoms with Crippen molar-refractivity contribution in [2.24, 2.45) is 0 Å². The first-order valence-corrected chi connectivity index (χ1v) is 9.41. The molecule has 1 N–H and O–H groups in total. The molecule has 8 nitrogen and oxygen atoms in total. The Hall–Kier alpha value is -2.16. The summed E-state index contributed by atoms with van der Waals surface area (Å²) >= 11 is 0. The molecule has 28 heavy (non-hydrogen) atoms. The predicted molar refractivity (Wildman–Crippen MR) is 107 cm³/mol. The summed E-state index contributed by atoms with van der Waals surface area (Å²) in [4.78, 5) is 24.6. The lowest BCUT2D eigenvalue weighted by Crippen LogP contribution is -2.44. The zero-order valence-corrected chi connectivity index (χ0v) is 17.4. The van der Waals surface area contributed by atoms with E-state index in [4.69, 9.17) is 9.47 Å². The lowest BCUT2D eigenvalue weighted by molar-refractivity contribution is -0.160. The highest BCUT2D eigenvalue weighted by atomic mass is 16.6. The van der Waals surface area contributed by atoms with Crippen LogP contribution in [-0.2, 0) is 20.9 Å². The lowest BCUT2D eigenvalue weighted by Gasteiger charge is -2.36. The molecule has 0 aromatic heterocycles. The highest BCUT2D eigenvalue weighted by Crippen LogP contribution is 2.17. The van der Waals surface area contributed by atoms with Crippen LogP contribution < -0.4 is 5.43 Å². The number of esters is 1. The van der Waals surface area contributed by atoms with Crippen molar-refractivity contribution in [1.29, 1.82) is 0 Å². The van der Waals surface area contributed by atoms with Gasteiger partial charge in [0.15, 0.2) is 0 Å². The first-order chi connectivity index (χ1) is 13.1. The Balaban J connectivity index is 2.66. The topological polar surface area (TPSA) is 94.2 Å². The van der Waals surface area contributed by atoms with Crippen molar-refractivity contribution in [2.45, 2.75) is 58.3 Å². The maximum absolute atomic E-state index is 12.5. The van der Waals surface area contributed by atoms with Crippen molar-refractivity contribution in [3.05, 3.63) is 41.1 Å². The first kappa shape index (κ1) is 23.9. The summed E-state index contributed by atoms with van der Waals surface area (Å²) in [6.07, 6.45) is 0.430. The van der Waals surface area contributed by atoms with Crippen molar-refractivity contribution in [3.8, 4) is 0 Å². The molecule has 0 saturated carbocycles. The molecule has 0 aliphatic rings. The maximum Gasteiger partial charge on any atom is 0.400 e. The van der Waals surface area contributed by atoms with Crippen LogP contribution >= 0.6 is 0 Å². The van der Waals surface area contributed by atoms with E-state index >= 15 is 0 Å². The van der Waals surface area contributed by atoms with Gasteiger partial charge in [0.05, 0.1) is 0 Å². The second-order valence-corrected chi connectivity index (χ2v) is 7.71. The van der Waals surface area contributed by atoms with Gasteiger partial charge in [0.1, 0.15) is 18.2 Å². The van der Waals surface area contributed by atoms with Gasteiger partial charge in [-0.05, 0) is 45.6 Å². The van der Waals surface area contributed by atoms with Crippen LogP contribution in [0.15, 0.2) is 30.3 Å². The van der Waals surface area contributed by atoms with E-state index in [-0.39, 0.29) is 18.1 Å². The Labute approximate surface area is 167 Å². The number of ether oxygens (including phenoxy) is 2. The van der Waals surface area contributed by atoms with E-state index in [0.717, 1.165) is 12.0 Å². The van der Waals surface area contributed by atoms with Gasteiger partial charge in [-0.25, -0.2) is 9.59 Å². The maximum atomic E-state index is 12.5. The van der Waals surface area contributed by atoms with E-state index in [9.17, 15) is 14.8 Å². The minimum absolute atomic E-state index is 0.0355. The van der Waals surface area contributed by atoms with E-state index in [1.807, 2.05) is 37.3 Å². The van der Waals surface area contributed by atoms with E-state index in [0.29, 0.717) is 13.0 Å². The fourth-order valence-corrected chi connectivity index (χ4v) is 2.38. The van der Waals surface area contributed by atoms with Crippen molar-refractivity contribution < 1.29 is 19.1 Å². The molecule has 1 aromatic carbocycles. The van der Waals surface area contributed by atoms with Crippen molar-refractivity contribution in [2.75, 3.05) is 20.6 Å². The molecule has 0 bridgehead atoms. The predicted octanol–water partition coefficient (Wildman–Crippen LogP) is 3.07. The lowest BCUT2D eigenvalue weighted by atomic mass is 10.1. The van der Waals surface area contributed by atoms with Gasteiger partial charge in [-0.15, -0.1) is 0 Å². The number of rotatable bonds is 10. The molecule has 0 heterocycles. The van der Waals surface area contributed by atoms with Crippen molar-refractivity contribution in [1.82, 2.24) is 15.5 Å². The Bertz CT molecular complexity index is 602. The second kappa shape index (κ2) is 11.6. The van der Waals surface area contributed by atoms with Gasteiger partial charge in [-0.2, -0.15) is 0 Å². The Morgan fingerprint density at radius 2 is 1.79 bits per heavy atom. The summed E-state index contributed by atoms with van der Waals surface area (Å²) in [5.74, 6) is -0.722. The van der Waals surface area contributed by atoms with Gasteiger partial charge in [0.25, 0.3) is 0 Å².